The molecule has 6 heteroatoms. The molecule has 1 atom stereocenters. The molecule has 0 radical (unpaired) electrons. The van der Waals surface area contributed by atoms with Gasteiger partial charge in [0.05, 0.1) is 0 Å². The average Bonchev–Trinajstić information content (AvgIpc) is 3.23. The van der Waals surface area contributed by atoms with Gasteiger partial charge in [-0.1, -0.05) is 196 Å². The van der Waals surface area contributed by atoms with Gasteiger partial charge in [0.1, 0.15) is 13.2 Å². The van der Waals surface area contributed by atoms with Crippen LogP contribution in [0.2, 0.25) is 0 Å². The summed E-state index contributed by atoms with van der Waals surface area (Å²) in [6.07, 6.45) is 60.0. The van der Waals surface area contributed by atoms with E-state index in [2.05, 4.69) is 106 Å². The third-order valence-corrected chi connectivity index (χ3v) is 9.88. The van der Waals surface area contributed by atoms with Crippen LogP contribution in [0.3, 0.4) is 0 Å². The first kappa shape index (κ1) is 55.6. The van der Waals surface area contributed by atoms with Crippen molar-refractivity contribution in [3.05, 3.63) is 85.1 Å². The molecule has 0 amide bonds. The van der Waals surface area contributed by atoms with Crippen LogP contribution in [-0.4, -0.2) is 37.2 Å². The monoisotopic (exact) mass is 821 g/mol. The summed E-state index contributed by atoms with van der Waals surface area (Å²) in [5.74, 6) is -0.981. The van der Waals surface area contributed by atoms with Crippen molar-refractivity contribution in [3.8, 4) is 0 Å². The number of rotatable bonds is 42. The number of carbonyl (C=O) groups is 3. The molecule has 0 N–H and O–H groups in total. The van der Waals surface area contributed by atoms with E-state index in [-0.39, 0.29) is 37.5 Å². The van der Waals surface area contributed by atoms with E-state index >= 15 is 0 Å². The number of unbranched alkanes of at least 4 members (excludes halogenated alkanes) is 17. The Kier molecular flexibility index (Phi) is 44.5. The molecular weight excluding hydrogens is 733 g/mol. The Hall–Kier alpha value is -3.41. The molecule has 6 nitrogen and oxygen atoms in total. The van der Waals surface area contributed by atoms with Crippen molar-refractivity contribution in [1.29, 1.82) is 0 Å². The molecule has 0 aliphatic rings. The molecule has 0 spiro atoms. The average molecular weight is 821 g/mol. The Bertz CT molecular complexity index is 1170. The molecular formula is C53H88O6. The largest absolute Gasteiger partial charge is 0.462 e. The van der Waals surface area contributed by atoms with Gasteiger partial charge in [-0.25, -0.2) is 0 Å². The number of ether oxygens (including phenoxy) is 3. The molecule has 0 rings (SSSR count). The van der Waals surface area contributed by atoms with E-state index in [1.807, 2.05) is 0 Å². The van der Waals surface area contributed by atoms with Crippen LogP contribution in [0.15, 0.2) is 85.1 Å². The van der Waals surface area contributed by atoms with Crippen LogP contribution in [0.25, 0.3) is 0 Å². The number of esters is 3. The minimum atomic E-state index is -0.803. The molecule has 0 aromatic rings. The van der Waals surface area contributed by atoms with Crippen molar-refractivity contribution in [3.63, 3.8) is 0 Å². The van der Waals surface area contributed by atoms with E-state index in [0.29, 0.717) is 19.3 Å². The minimum Gasteiger partial charge on any atom is -0.462 e. The summed E-state index contributed by atoms with van der Waals surface area (Å²) in [6, 6.07) is 0. The molecule has 0 saturated carbocycles. The molecule has 0 aromatic carbocycles. The van der Waals surface area contributed by atoms with Crippen LogP contribution < -0.4 is 0 Å². The predicted octanol–water partition coefficient (Wildman–Crippen LogP) is 15.6. The standard InChI is InChI=1S/C53H88O6/c1-4-7-10-13-16-19-22-24-26-27-28-30-31-34-37-40-43-46-52(55)58-49-50(48-57-51(54)45-42-39-36-33-21-18-15-12-9-6-3)59-53(56)47-44-41-38-35-32-29-25-23-20-17-14-11-8-5-2/h7,10,14,16-17,19,23-26,28,30,34,37,50H,4-6,8-9,11-13,15,18,20-22,27,29,31-33,35-36,38-49H2,1-3H3/b10-7-,17-14-,19-16-,25-23-,26-24-,30-28-,37-34-/t50-/m1/s1. The molecule has 0 aromatic heterocycles. The summed E-state index contributed by atoms with van der Waals surface area (Å²) < 4.78 is 16.7. The number of hydrogen-bond donors (Lipinski definition) is 0. The van der Waals surface area contributed by atoms with Gasteiger partial charge in [-0.05, 0) is 83.5 Å². The van der Waals surface area contributed by atoms with E-state index < -0.39 is 6.10 Å². The lowest BCUT2D eigenvalue weighted by molar-refractivity contribution is -0.167. The lowest BCUT2D eigenvalue weighted by Crippen LogP contribution is -2.30. The second-order valence-electron chi connectivity index (χ2n) is 15.6. The quantitative estimate of drug-likeness (QED) is 0.0264. The fourth-order valence-electron chi connectivity index (χ4n) is 6.26. The summed E-state index contributed by atoms with van der Waals surface area (Å²) in [7, 11) is 0. The van der Waals surface area contributed by atoms with Crippen molar-refractivity contribution in [2.75, 3.05) is 13.2 Å². The van der Waals surface area contributed by atoms with Gasteiger partial charge in [-0.2, -0.15) is 0 Å². The zero-order valence-electron chi connectivity index (χ0n) is 38.2. The van der Waals surface area contributed by atoms with Gasteiger partial charge < -0.3 is 14.2 Å². The molecule has 0 heterocycles. The highest BCUT2D eigenvalue weighted by Crippen LogP contribution is 2.13. The van der Waals surface area contributed by atoms with E-state index in [1.165, 1.54) is 64.2 Å². The van der Waals surface area contributed by atoms with Gasteiger partial charge >= 0.3 is 17.9 Å². The van der Waals surface area contributed by atoms with E-state index in [4.69, 9.17) is 14.2 Å². The van der Waals surface area contributed by atoms with Crippen molar-refractivity contribution in [2.45, 2.75) is 219 Å². The normalized spacial score (nSPS) is 12.8. The van der Waals surface area contributed by atoms with E-state index in [1.54, 1.807) is 0 Å². The van der Waals surface area contributed by atoms with Gasteiger partial charge in [0.15, 0.2) is 6.10 Å². The van der Waals surface area contributed by atoms with Crippen molar-refractivity contribution in [2.24, 2.45) is 0 Å². The lowest BCUT2D eigenvalue weighted by atomic mass is 10.1. The van der Waals surface area contributed by atoms with Crippen molar-refractivity contribution < 1.29 is 28.6 Å². The zero-order chi connectivity index (χ0) is 43.0. The third kappa shape index (κ3) is 45.5. The molecule has 0 unspecified atom stereocenters. The maximum Gasteiger partial charge on any atom is 0.306 e. The molecule has 0 saturated heterocycles. The fraction of sp³-hybridized carbons (Fsp3) is 0.679. The second-order valence-corrected chi connectivity index (χ2v) is 15.6. The van der Waals surface area contributed by atoms with Gasteiger partial charge in [-0.3, -0.25) is 14.4 Å². The summed E-state index contributed by atoms with van der Waals surface area (Å²) in [5, 5.41) is 0. The Balaban J connectivity index is 4.49. The van der Waals surface area contributed by atoms with Gasteiger partial charge in [-0.15, -0.1) is 0 Å². The topological polar surface area (TPSA) is 78.9 Å². The Labute approximate surface area is 363 Å². The first-order valence-corrected chi connectivity index (χ1v) is 24.1. The highest BCUT2D eigenvalue weighted by atomic mass is 16.6. The van der Waals surface area contributed by atoms with Gasteiger partial charge in [0.25, 0.3) is 0 Å². The maximum atomic E-state index is 12.7. The first-order chi connectivity index (χ1) is 29.0. The van der Waals surface area contributed by atoms with Crippen LogP contribution in [0, 0.1) is 0 Å². The maximum absolute atomic E-state index is 12.7. The summed E-state index contributed by atoms with van der Waals surface area (Å²) in [4.78, 5) is 37.8. The molecule has 0 aliphatic carbocycles. The highest BCUT2D eigenvalue weighted by Gasteiger charge is 2.19. The smallest absolute Gasteiger partial charge is 0.306 e. The Morgan fingerprint density at radius 1 is 0.356 bits per heavy atom. The number of hydrogen-bond acceptors (Lipinski definition) is 6. The summed E-state index contributed by atoms with van der Waals surface area (Å²) in [6.45, 7) is 6.39. The van der Waals surface area contributed by atoms with Gasteiger partial charge in [0, 0.05) is 19.3 Å². The van der Waals surface area contributed by atoms with Crippen LogP contribution in [-0.2, 0) is 28.6 Å². The first-order valence-electron chi connectivity index (χ1n) is 24.1. The minimum absolute atomic E-state index is 0.0995. The zero-order valence-corrected chi connectivity index (χ0v) is 38.2. The molecule has 0 fully saturated rings. The molecule has 336 valence electrons. The van der Waals surface area contributed by atoms with Crippen molar-refractivity contribution in [1.82, 2.24) is 0 Å². The second kappa shape index (κ2) is 47.3. The van der Waals surface area contributed by atoms with Crippen LogP contribution in [0.4, 0.5) is 0 Å². The summed E-state index contributed by atoms with van der Waals surface area (Å²) >= 11 is 0. The Morgan fingerprint density at radius 2 is 0.695 bits per heavy atom. The Morgan fingerprint density at radius 3 is 1.15 bits per heavy atom. The van der Waals surface area contributed by atoms with Crippen LogP contribution >= 0.6 is 0 Å². The number of carbonyl (C=O) groups excluding carboxylic acids is 3. The van der Waals surface area contributed by atoms with Gasteiger partial charge in [0.2, 0.25) is 0 Å². The third-order valence-electron chi connectivity index (χ3n) is 9.88. The number of allylic oxidation sites excluding steroid dienone is 14. The molecule has 59 heavy (non-hydrogen) atoms. The van der Waals surface area contributed by atoms with Crippen LogP contribution in [0.1, 0.15) is 213 Å². The molecule has 0 bridgehead atoms. The van der Waals surface area contributed by atoms with E-state index in [0.717, 1.165) is 103 Å². The highest BCUT2D eigenvalue weighted by molar-refractivity contribution is 5.71. The predicted molar refractivity (Wildman–Crippen MR) is 251 cm³/mol. The molecule has 0 aliphatic heterocycles. The van der Waals surface area contributed by atoms with Crippen molar-refractivity contribution >= 4 is 17.9 Å². The van der Waals surface area contributed by atoms with Crippen LogP contribution in [0.5, 0.6) is 0 Å². The fourth-order valence-corrected chi connectivity index (χ4v) is 6.26. The van der Waals surface area contributed by atoms with E-state index in [9.17, 15) is 14.4 Å². The lowest BCUT2D eigenvalue weighted by Gasteiger charge is -2.18. The SMILES string of the molecule is CC/C=C\C/C=C\C/C=C\C/C=C\C/C=C\CCCC(=O)OC[C@@H](COC(=O)CCCCCCCCCCCC)OC(=O)CCCCCCC/C=C\C/C=C\CCCC. The summed E-state index contributed by atoms with van der Waals surface area (Å²) in [5.41, 5.74) is 0.